The molecule has 0 saturated heterocycles. The van der Waals surface area contributed by atoms with Crippen LogP contribution in [0.2, 0.25) is 0 Å². The summed E-state index contributed by atoms with van der Waals surface area (Å²) in [6.07, 6.45) is 1.61. The average Bonchev–Trinajstić information content (AvgIpc) is 3.29. The summed E-state index contributed by atoms with van der Waals surface area (Å²) in [5.74, 6) is -0.190. The van der Waals surface area contributed by atoms with Crippen LogP contribution in [0.25, 0.3) is 16.7 Å². The third-order valence-corrected chi connectivity index (χ3v) is 4.74. The van der Waals surface area contributed by atoms with Crippen LogP contribution in [0, 0.1) is 25.2 Å². The molecule has 29 heavy (non-hydrogen) atoms. The Balaban J connectivity index is 1.52. The maximum Gasteiger partial charge on any atom is 0.307 e. The zero-order valence-electron chi connectivity index (χ0n) is 16.0. The van der Waals surface area contributed by atoms with Crippen LogP contribution in [-0.4, -0.2) is 16.7 Å². The molecule has 2 aromatic heterocycles. The van der Waals surface area contributed by atoms with Gasteiger partial charge in [0.1, 0.15) is 5.58 Å². The van der Waals surface area contributed by atoms with Crippen LogP contribution in [0.4, 0.5) is 0 Å². The number of furan rings is 1. The minimum atomic E-state index is -0.404. The van der Waals surface area contributed by atoms with Gasteiger partial charge in [-0.2, -0.15) is 10.4 Å². The van der Waals surface area contributed by atoms with E-state index in [9.17, 15) is 4.79 Å². The number of hydrazone groups is 1. The van der Waals surface area contributed by atoms with E-state index in [1.165, 1.54) is 0 Å². The second-order valence-electron chi connectivity index (χ2n) is 6.67. The van der Waals surface area contributed by atoms with Gasteiger partial charge in [-0.15, -0.1) is 0 Å². The number of rotatable bonds is 4. The van der Waals surface area contributed by atoms with E-state index in [4.69, 9.17) is 9.68 Å². The predicted octanol–water partition coefficient (Wildman–Crippen LogP) is 4.48. The number of benzene rings is 2. The van der Waals surface area contributed by atoms with E-state index in [1.807, 2.05) is 56.3 Å². The molecule has 2 aromatic carbocycles. The molecule has 4 rings (SSSR count). The van der Waals surface area contributed by atoms with Gasteiger partial charge in [0.25, 0.3) is 0 Å². The van der Waals surface area contributed by atoms with Gasteiger partial charge >= 0.3 is 5.91 Å². The normalized spacial score (nSPS) is 11.1. The van der Waals surface area contributed by atoms with Crippen molar-refractivity contribution in [2.24, 2.45) is 5.10 Å². The molecule has 4 aromatic rings. The summed E-state index contributed by atoms with van der Waals surface area (Å²) in [5, 5.41) is 13.9. The molecule has 0 radical (unpaired) electrons. The highest BCUT2D eigenvalue weighted by molar-refractivity contribution is 5.96. The molecule has 0 fully saturated rings. The first-order valence-electron chi connectivity index (χ1n) is 9.08. The Morgan fingerprint density at radius 3 is 2.62 bits per heavy atom. The molecule has 0 aliphatic heterocycles. The molecular formula is C23H18N4O2. The van der Waals surface area contributed by atoms with E-state index >= 15 is 0 Å². The topological polar surface area (TPSA) is 83.3 Å². The molecule has 0 atom stereocenters. The van der Waals surface area contributed by atoms with Gasteiger partial charge in [0.2, 0.25) is 0 Å². The van der Waals surface area contributed by atoms with Crippen molar-refractivity contribution in [3.63, 3.8) is 0 Å². The second kappa shape index (κ2) is 7.49. The fraction of sp³-hybridized carbons (Fsp3) is 0.0870. The number of hydrogen-bond acceptors (Lipinski definition) is 4. The van der Waals surface area contributed by atoms with Crippen LogP contribution < -0.4 is 5.43 Å². The van der Waals surface area contributed by atoms with Crippen molar-refractivity contribution in [2.45, 2.75) is 13.8 Å². The number of carbonyl (C=O) groups excluding carboxylic acids is 1. The fourth-order valence-corrected chi connectivity index (χ4v) is 3.31. The quantitative estimate of drug-likeness (QED) is 0.417. The van der Waals surface area contributed by atoms with Crippen LogP contribution in [-0.2, 0) is 0 Å². The lowest BCUT2D eigenvalue weighted by Crippen LogP contribution is -2.16. The molecule has 0 saturated carbocycles. The van der Waals surface area contributed by atoms with Crippen molar-refractivity contribution in [3.05, 3.63) is 88.9 Å². The summed E-state index contributed by atoms with van der Waals surface area (Å²) in [6.45, 7) is 3.98. The maximum atomic E-state index is 12.3. The smallest absolute Gasteiger partial charge is 0.307 e. The van der Waals surface area contributed by atoms with Crippen LogP contribution in [0.5, 0.6) is 0 Å². The Kier molecular flexibility index (Phi) is 4.71. The number of carbonyl (C=O) groups is 1. The molecule has 2 heterocycles. The number of hydrogen-bond donors (Lipinski definition) is 1. The lowest BCUT2D eigenvalue weighted by atomic mass is 10.2. The molecule has 0 bridgehead atoms. The highest BCUT2D eigenvalue weighted by atomic mass is 16.3. The number of aryl methyl sites for hydroxylation is 1. The molecular weight excluding hydrogens is 364 g/mol. The van der Waals surface area contributed by atoms with Crippen molar-refractivity contribution >= 4 is 23.1 Å². The lowest BCUT2D eigenvalue weighted by molar-refractivity contribution is 0.0929. The molecule has 1 amide bonds. The second-order valence-corrected chi connectivity index (χ2v) is 6.67. The van der Waals surface area contributed by atoms with Crippen LogP contribution in [0.3, 0.4) is 0 Å². The molecule has 1 N–H and O–H groups in total. The molecule has 6 nitrogen and oxygen atoms in total. The number of para-hydroxylation sites is 1. The lowest BCUT2D eigenvalue weighted by Gasteiger charge is -2.09. The Morgan fingerprint density at radius 2 is 1.90 bits per heavy atom. The highest BCUT2D eigenvalue weighted by Gasteiger charge is 2.12. The largest absolute Gasteiger partial charge is 0.451 e. The van der Waals surface area contributed by atoms with Gasteiger partial charge in [-0.05, 0) is 56.3 Å². The summed E-state index contributed by atoms with van der Waals surface area (Å²) in [6, 6.07) is 20.6. The monoisotopic (exact) mass is 382 g/mol. The summed E-state index contributed by atoms with van der Waals surface area (Å²) >= 11 is 0. The van der Waals surface area contributed by atoms with E-state index in [0.717, 1.165) is 28.0 Å². The van der Waals surface area contributed by atoms with Gasteiger partial charge < -0.3 is 8.98 Å². The summed E-state index contributed by atoms with van der Waals surface area (Å²) in [5.41, 5.74) is 7.64. The van der Waals surface area contributed by atoms with Gasteiger partial charge in [0, 0.05) is 28.0 Å². The molecule has 6 heteroatoms. The van der Waals surface area contributed by atoms with Crippen molar-refractivity contribution < 1.29 is 9.21 Å². The molecule has 142 valence electrons. The zero-order chi connectivity index (χ0) is 20.4. The molecule has 0 unspecified atom stereocenters. The van der Waals surface area contributed by atoms with Crippen LogP contribution in [0.1, 0.15) is 33.1 Å². The van der Waals surface area contributed by atoms with Gasteiger partial charge in [-0.3, -0.25) is 4.79 Å². The number of fused-ring (bicyclic) bond motifs is 1. The highest BCUT2D eigenvalue weighted by Crippen LogP contribution is 2.21. The predicted molar refractivity (Wildman–Crippen MR) is 111 cm³/mol. The Bertz CT molecular complexity index is 1240. The first-order chi connectivity index (χ1) is 14.1. The zero-order valence-corrected chi connectivity index (χ0v) is 16.0. The Hall–Kier alpha value is -4.11. The van der Waals surface area contributed by atoms with E-state index in [1.54, 1.807) is 24.4 Å². The first-order valence-corrected chi connectivity index (χ1v) is 9.08. The number of nitriles is 1. The van der Waals surface area contributed by atoms with E-state index in [0.29, 0.717) is 11.1 Å². The fourth-order valence-electron chi connectivity index (χ4n) is 3.31. The summed E-state index contributed by atoms with van der Waals surface area (Å²) < 4.78 is 7.62. The third kappa shape index (κ3) is 3.54. The van der Waals surface area contributed by atoms with Crippen LogP contribution >= 0.6 is 0 Å². The van der Waals surface area contributed by atoms with Crippen molar-refractivity contribution in [3.8, 4) is 11.8 Å². The molecule has 0 spiro atoms. The van der Waals surface area contributed by atoms with E-state index < -0.39 is 5.91 Å². The number of aromatic nitrogens is 1. The molecule has 0 aliphatic rings. The Morgan fingerprint density at radius 1 is 1.14 bits per heavy atom. The summed E-state index contributed by atoms with van der Waals surface area (Å²) in [7, 11) is 0. The summed E-state index contributed by atoms with van der Waals surface area (Å²) in [4.78, 5) is 12.3. The minimum Gasteiger partial charge on any atom is -0.451 e. The number of amides is 1. The third-order valence-electron chi connectivity index (χ3n) is 4.74. The van der Waals surface area contributed by atoms with E-state index in [2.05, 4.69) is 21.2 Å². The van der Waals surface area contributed by atoms with Crippen molar-refractivity contribution in [2.75, 3.05) is 0 Å². The van der Waals surface area contributed by atoms with Crippen molar-refractivity contribution in [1.82, 2.24) is 9.99 Å². The maximum absolute atomic E-state index is 12.3. The number of nitrogens with zero attached hydrogens (tertiary/aromatic N) is 3. The first kappa shape index (κ1) is 18.3. The van der Waals surface area contributed by atoms with E-state index in [-0.39, 0.29) is 5.76 Å². The molecule has 0 aliphatic carbocycles. The van der Waals surface area contributed by atoms with Gasteiger partial charge in [-0.25, -0.2) is 5.43 Å². The SMILES string of the molecule is Cc1cc(/C=N/NC(=O)c2cc3ccccc3o2)c(C)n1-c1ccc(C#N)cc1. The van der Waals surface area contributed by atoms with Crippen LogP contribution in [0.15, 0.2) is 70.2 Å². The van der Waals surface area contributed by atoms with Gasteiger partial charge in [0.05, 0.1) is 17.8 Å². The Labute approximate surface area is 167 Å². The average molecular weight is 382 g/mol. The minimum absolute atomic E-state index is 0.214. The van der Waals surface area contributed by atoms with Gasteiger partial charge in [0.15, 0.2) is 5.76 Å². The standard InChI is InChI=1S/C23H18N4O2/c1-15-11-19(16(2)27(15)20-9-7-17(13-24)8-10-20)14-25-26-23(28)22-12-18-5-3-4-6-21(18)29-22/h3-12,14H,1-2H3,(H,26,28)/b25-14+. The van der Waals surface area contributed by atoms with Gasteiger partial charge in [-0.1, -0.05) is 18.2 Å². The van der Waals surface area contributed by atoms with Crippen molar-refractivity contribution in [1.29, 1.82) is 5.26 Å². The number of nitrogens with one attached hydrogen (secondary N) is 1.